The average Bonchev–Trinajstić information content (AvgIpc) is 2.62. The fraction of sp³-hybridized carbons (Fsp3) is 0.316. The van der Waals surface area contributed by atoms with Gasteiger partial charge in [0.25, 0.3) is 5.69 Å². The SMILES string of the molecule is CC[C@@H](C(=O)Nc1cc([N+](=O)[O-])ccc1Cl)N(c1cc(C)ccc1C)S(C)(=O)=O. The van der Waals surface area contributed by atoms with Gasteiger partial charge in [0.15, 0.2) is 0 Å². The number of hydrogen-bond acceptors (Lipinski definition) is 5. The number of sulfonamides is 1. The third-order valence-corrected chi connectivity index (χ3v) is 5.85. The number of hydrogen-bond donors (Lipinski definition) is 1. The van der Waals surface area contributed by atoms with Crippen molar-refractivity contribution in [3.05, 3.63) is 62.7 Å². The highest BCUT2D eigenvalue weighted by molar-refractivity contribution is 7.92. The Kier molecular flexibility index (Phi) is 6.86. The largest absolute Gasteiger partial charge is 0.323 e. The molecule has 0 aromatic heterocycles. The number of nitrogens with zero attached hydrogens (tertiary/aromatic N) is 2. The predicted molar refractivity (Wildman–Crippen MR) is 114 cm³/mol. The lowest BCUT2D eigenvalue weighted by molar-refractivity contribution is -0.384. The van der Waals surface area contributed by atoms with Gasteiger partial charge in [-0.25, -0.2) is 8.42 Å². The number of nitro benzene ring substituents is 1. The molecule has 1 atom stereocenters. The molecule has 0 aliphatic rings. The molecule has 0 radical (unpaired) electrons. The molecule has 0 aliphatic carbocycles. The van der Waals surface area contributed by atoms with Gasteiger partial charge in [0, 0.05) is 12.1 Å². The van der Waals surface area contributed by atoms with Crippen LogP contribution in [0.5, 0.6) is 0 Å². The van der Waals surface area contributed by atoms with Gasteiger partial charge in [-0.2, -0.15) is 0 Å². The number of benzene rings is 2. The maximum Gasteiger partial charge on any atom is 0.271 e. The van der Waals surface area contributed by atoms with Gasteiger partial charge in [-0.1, -0.05) is 30.7 Å². The van der Waals surface area contributed by atoms with E-state index in [4.69, 9.17) is 11.6 Å². The van der Waals surface area contributed by atoms with Crippen LogP contribution >= 0.6 is 11.6 Å². The number of carbonyl (C=O) groups is 1. The van der Waals surface area contributed by atoms with Crippen LogP contribution in [-0.2, 0) is 14.8 Å². The molecule has 156 valence electrons. The summed E-state index contributed by atoms with van der Waals surface area (Å²) in [7, 11) is -3.81. The topological polar surface area (TPSA) is 110 Å². The second kappa shape index (κ2) is 8.79. The molecule has 29 heavy (non-hydrogen) atoms. The maximum atomic E-state index is 13.0. The summed E-state index contributed by atoms with van der Waals surface area (Å²) in [5, 5.41) is 13.6. The van der Waals surface area contributed by atoms with Crippen LogP contribution in [0.4, 0.5) is 17.1 Å². The summed E-state index contributed by atoms with van der Waals surface area (Å²) >= 11 is 6.06. The molecule has 2 aromatic rings. The zero-order valence-corrected chi connectivity index (χ0v) is 18.0. The third-order valence-electron chi connectivity index (χ3n) is 4.35. The molecular formula is C19H22ClN3O5S. The van der Waals surface area contributed by atoms with Gasteiger partial charge in [-0.05, 0) is 43.5 Å². The van der Waals surface area contributed by atoms with Crippen molar-refractivity contribution in [3.63, 3.8) is 0 Å². The first kappa shape index (κ1) is 22.6. The first-order valence-corrected chi connectivity index (χ1v) is 11.0. The molecular weight excluding hydrogens is 418 g/mol. The van der Waals surface area contributed by atoms with Gasteiger partial charge in [-0.3, -0.25) is 19.2 Å². The van der Waals surface area contributed by atoms with E-state index >= 15 is 0 Å². The first-order chi connectivity index (χ1) is 13.5. The monoisotopic (exact) mass is 439 g/mol. The molecule has 0 unspecified atom stereocenters. The quantitative estimate of drug-likeness (QED) is 0.517. The summed E-state index contributed by atoms with van der Waals surface area (Å²) in [5.74, 6) is -0.638. The van der Waals surface area contributed by atoms with Crippen LogP contribution in [0.15, 0.2) is 36.4 Å². The van der Waals surface area contributed by atoms with E-state index in [0.29, 0.717) is 11.3 Å². The number of aryl methyl sites for hydroxylation is 2. The van der Waals surface area contributed by atoms with Crippen molar-refractivity contribution in [1.29, 1.82) is 0 Å². The lowest BCUT2D eigenvalue weighted by Gasteiger charge is -2.31. The summed E-state index contributed by atoms with van der Waals surface area (Å²) < 4.78 is 26.3. The molecule has 10 heteroatoms. The highest BCUT2D eigenvalue weighted by Gasteiger charge is 2.33. The Balaban J connectivity index is 2.48. The number of carbonyl (C=O) groups excluding carboxylic acids is 1. The Morgan fingerprint density at radius 3 is 2.45 bits per heavy atom. The Labute approximate surface area is 174 Å². The minimum absolute atomic E-state index is 0.0405. The second-order valence-corrected chi connectivity index (χ2v) is 8.95. The van der Waals surface area contributed by atoms with Crippen molar-refractivity contribution in [3.8, 4) is 0 Å². The number of rotatable bonds is 7. The minimum Gasteiger partial charge on any atom is -0.323 e. The van der Waals surface area contributed by atoms with Gasteiger partial charge in [-0.15, -0.1) is 0 Å². The molecule has 1 amide bonds. The van der Waals surface area contributed by atoms with Crippen LogP contribution in [0, 0.1) is 24.0 Å². The van der Waals surface area contributed by atoms with Gasteiger partial charge >= 0.3 is 0 Å². The number of halogens is 1. The number of amides is 1. The van der Waals surface area contributed by atoms with Crippen LogP contribution in [0.3, 0.4) is 0 Å². The lowest BCUT2D eigenvalue weighted by Crippen LogP contribution is -2.47. The van der Waals surface area contributed by atoms with E-state index < -0.39 is 26.9 Å². The van der Waals surface area contributed by atoms with Crippen LogP contribution in [-0.4, -0.2) is 31.5 Å². The van der Waals surface area contributed by atoms with E-state index in [2.05, 4.69) is 5.32 Å². The van der Waals surface area contributed by atoms with Crippen LogP contribution in [0.1, 0.15) is 24.5 Å². The molecule has 0 saturated heterocycles. The lowest BCUT2D eigenvalue weighted by atomic mass is 10.1. The van der Waals surface area contributed by atoms with Crippen molar-refractivity contribution < 1.29 is 18.1 Å². The Bertz CT molecular complexity index is 1060. The first-order valence-electron chi connectivity index (χ1n) is 8.77. The zero-order chi connectivity index (χ0) is 21.9. The number of nitro groups is 1. The molecule has 0 aliphatic heterocycles. The summed E-state index contributed by atoms with van der Waals surface area (Å²) in [4.78, 5) is 23.4. The van der Waals surface area contributed by atoms with E-state index in [1.165, 1.54) is 12.1 Å². The van der Waals surface area contributed by atoms with Gasteiger partial charge in [0.05, 0.1) is 27.6 Å². The number of nitrogens with one attached hydrogen (secondary N) is 1. The Hall–Kier alpha value is -2.65. The van der Waals surface area contributed by atoms with Crippen molar-refractivity contribution in [2.24, 2.45) is 0 Å². The summed E-state index contributed by atoms with van der Waals surface area (Å²) in [6.07, 6.45) is 1.21. The molecule has 1 N–H and O–H groups in total. The molecule has 0 spiro atoms. The summed E-state index contributed by atoms with van der Waals surface area (Å²) in [6.45, 7) is 5.27. The number of non-ortho nitro benzene ring substituents is 1. The predicted octanol–water partition coefficient (Wildman–Crippen LogP) is 4.05. The van der Waals surface area contributed by atoms with E-state index in [1.54, 1.807) is 26.0 Å². The van der Waals surface area contributed by atoms with Crippen LogP contribution in [0.25, 0.3) is 0 Å². The fourth-order valence-electron chi connectivity index (χ4n) is 2.93. The van der Waals surface area contributed by atoms with Crippen LogP contribution in [0.2, 0.25) is 5.02 Å². The van der Waals surface area contributed by atoms with E-state index in [1.807, 2.05) is 13.0 Å². The van der Waals surface area contributed by atoms with Crippen molar-refractivity contribution >= 4 is 44.6 Å². The van der Waals surface area contributed by atoms with E-state index in [9.17, 15) is 23.3 Å². The van der Waals surface area contributed by atoms with Crippen LogP contribution < -0.4 is 9.62 Å². The summed E-state index contributed by atoms with van der Waals surface area (Å²) in [6, 6.07) is 7.92. The molecule has 2 rings (SSSR count). The Morgan fingerprint density at radius 2 is 1.90 bits per heavy atom. The smallest absolute Gasteiger partial charge is 0.271 e. The highest BCUT2D eigenvalue weighted by Crippen LogP contribution is 2.30. The molecule has 0 fully saturated rings. The molecule has 2 aromatic carbocycles. The zero-order valence-electron chi connectivity index (χ0n) is 16.5. The second-order valence-electron chi connectivity index (χ2n) is 6.68. The van der Waals surface area contributed by atoms with Gasteiger partial charge < -0.3 is 5.32 Å². The molecule has 8 nitrogen and oxygen atoms in total. The van der Waals surface area contributed by atoms with E-state index in [0.717, 1.165) is 22.2 Å². The molecule has 0 heterocycles. The van der Waals surface area contributed by atoms with Gasteiger partial charge in [0.2, 0.25) is 15.9 Å². The Morgan fingerprint density at radius 1 is 1.24 bits per heavy atom. The minimum atomic E-state index is -3.81. The van der Waals surface area contributed by atoms with Crippen molar-refractivity contribution in [2.75, 3.05) is 15.9 Å². The third kappa shape index (κ3) is 5.24. The molecule has 0 saturated carbocycles. The standard InChI is InChI=1S/C19H22ClN3O5S/c1-5-17(19(24)21-16-11-14(23(25)26)8-9-15(16)20)22(29(4,27)28)18-10-12(2)6-7-13(18)3/h6-11,17H,5H2,1-4H3,(H,21,24)/t17-/m0/s1. The maximum absolute atomic E-state index is 13.0. The van der Waals surface area contributed by atoms with Gasteiger partial charge in [0.1, 0.15) is 6.04 Å². The average molecular weight is 440 g/mol. The normalized spacial score (nSPS) is 12.3. The number of anilines is 2. The molecule has 0 bridgehead atoms. The highest BCUT2D eigenvalue weighted by atomic mass is 35.5. The fourth-order valence-corrected chi connectivity index (χ4v) is 4.36. The van der Waals surface area contributed by atoms with Crippen molar-refractivity contribution in [1.82, 2.24) is 0 Å². The summed E-state index contributed by atoms with van der Waals surface area (Å²) in [5.41, 5.74) is 1.74. The van der Waals surface area contributed by atoms with E-state index in [-0.39, 0.29) is 22.8 Å². The van der Waals surface area contributed by atoms with Crippen molar-refractivity contribution in [2.45, 2.75) is 33.2 Å².